The highest BCUT2D eigenvalue weighted by atomic mass is 14.8. The summed E-state index contributed by atoms with van der Waals surface area (Å²) in [5.74, 6) is 0. The second-order valence-electron chi connectivity index (χ2n) is 6.84. The van der Waals surface area contributed by atoms with Crippen LogP contribution in [0.15, 0.2) is 85.1 Å². The Balaban J connectivity index is 1.63. The van der Waals surface area contributed by atoms with Crippen molar-refractivity contribution in [1.82, 2.24) is 15.0 Å². The molecule has 0 aliphatic rings. The van der Waals surface area contributed by atoms with Crippen LogP contribution in [0.1, 0.15) is 0 Å². The van der Waals surface area contributed by atoms with Crippen molar-refractivity contribution >= 4 is 43.6 Å². The van der Waals surface area contributed by atoms with E-state index >= 15 is 0 Å². The Hall–Kier alpha value is -3.72. The third kappa shape index (κ3) is 2.15. The van der Waals surface area contributed by atoms with E-state index in [1.54, 1.807) is 0 Å². The van der Waals surface area contributed by atoms with E-state index < -0.39 is 0 Å². The van der Waals surface area contributed by atoms with E-state index in [-0.39, 0.29) is 0 Å². The van der Waals surface area contributed by atoms with Crippen molar-refractivity contribution in [1.29, 1.82) is 0 Å². The molecule has 0 saturated carbocycles. The summed E-state index contributed by atoms with van der Waals surface area (Å²) in [6.45, 7) is 0. The van der Waals surface area contributed by atoms with Gasteiger partial charge in [-0.25, -0.2) is 4.98 Å². The van der Waals surface area contributed by atoms with Crippen molar-refractivity contribution in [2.75, 3.05) is 0 Å². The van der Waals surface area contributed by atoms with E-state index in [0.717, 1.165) is 44.1 Å². The third-order valence-corrected chi connectivity index (χ3v) is 5.22. The standard InChI is InChI=1S/C24H15N3/c1-3-7-20-15(5-1)13-17-14-16(9-10-21(17)26-20)23-24-19(11-12-25-23)18-6-2-4-8-22(18)27-24/h1-14,27H. The van der Waals surface area contributed by atoms with Gasteiger partial charge in [0.05, 0.1) is 22.2 Å². The van der Waals surface area contributed by atoms with Crippen molar-refractivity contribution in [3.8, 4) is 11.3 Å². The molecule has 0 unspecified atom stereocenters. The minimum atomic E-state index is 0.971. The molecule has 0 spiro atoms. The van der Waals surface area contributed by atoms with E-state index in [9.17, 15) is 0 Å². The molecule has 27 heavy (non-hydrogen) atoms. The number of nitrogens with zero attached hydrogens (tertiary/aromatic N) is 2. The average molecular weight is 345 g/mol. The second-order valence-corrected chi connectivity index (χ2v) is 6.84. The molecule has 3 aromatic heterocycles. The highest BCUT2D eigenvalue weighted by Crippen LogP contribution is 2.33. The zero-order chi connectivity index (χ0) is 17.8. The molecule has 3 aromatic carbocycles. The Kier molecular flexibility index (Phi) is 2.88. The van der Waals surface area contributed by atoms with Gasteiger partial charge in [-0.3, -0.25) is 4.98 Å². The van der Waals surface area contributed by atoms with Gasteiger partial charge in [0.15, 0.2) is 0 Å². The number of para-hydroxylation sites is 2. The fourth-order valence-electron chi connectivity index (χ4n) is 3.92. The molecule has 0 saturated heterocycles. The van der Waals surface area contributed by atoms with E-state index in [4.69, 9.17) is 4.98 Å². The minimum Gasteiger partial charge on any atom is -0.353 e. The van der Waals surface area contributed by atoms with Gasteiger partial charge in [0.1, 0.15) is 0 Å². The first-order valence-corrected chi connectivity index (χ1v) is 9.02. The molecule has 3 heteroatoms. The molecule has 0 fully saturated rings. The molecule has 6 rings (SSSR count). The van der Waals surface area contributed by atoms with Crippen LogP contribution >= 0.6 is 0 Å². The first kappa shape index (κ1) is 14.4. The molecular weight excluding hydrogens is 330 g/mol. The lowest BCUT2D eigenvalue weighted by molar-refractivity contribution is 1.34. The van der Waals surface area contributed by atoms with Crippen LogP contribution in [0.25, 0.3) is 54.9 Å². The summed E-state index contributed by atoms with van der Waals surface area (Å²) in [4.78, 5) is 13.0. The van der Waals surface area contributed by atoms with Gasteiger partial charge in [0, 0.05) is 38.8 Å². The summed E-state index contributed by atoms with van der Waals surface area (Å²) in [6.07, 6.45) is 1.89. The van der Waals surface area contributed by atoms with Crippen LogP contribution in [0.2, 0.25) is 0 Å². The van der Waals surface area contributed by atoms with Crippen LogP contribution < -0.4 is 0 Å². The highest BCUT2D eigenvalue weighted by Gasteiger charge is 2.11. The molecule has 3 heterocycles. The van der Waals surface area contributed by atoms with Crippen LogP contribution in [-0.4, -0.2) is 15.0 Å². The van der Waals surface area contributed by atoms with E-state index in [1.165, 1.54) is 10.8 Å². The van der Waals surface area contributed by atoms with Gasteiger partial charge in [-0.05, 0) is 36.4 Å². The van der Waals surface area contributed by atoms with Gasteiger partial charge in [0.25, 0.3) is 0 Å². The lowest BCUT2D eigenvalue weighted by Crippen LogP contribution is -1.87. The molecule has 0 bridgehead atoms. The Morgan fingerprint density at radius 3 is 2.52 bits per heavy atom. The maximum absolute atomic E-state index is 4.78. The maximum Gasteiger partial charge on any atom is 0.0943 e. The number of hydrogen-bond acceptors (Lipinski definition) is 2. The number of aromatic nitrogens is 3. The van der Waals surface area contributed by atoms with Gasteiger partial charge >= 0.3 is 0 Å². The van der Waals surface area contributed by atoms with Crippen LogP contribution in [0, 0.1) is 0 Å². The quantitative estimate of drug-likeness (QED) is 0.367. The summed E-state index contributed by atoms with van der Waals surface area (Å²) in [5, 5.41) is 4.71. The van der Waals surface area contributed by atoms with Crippen LogP contribution in [0.4, 0.5) is 0 Å². The SMILES string of the molecule is c1ccc2nc3ccc(-c4nccc5c4[nH]c4ccccc45)cc3cc2c1. The number of rotatable bonds is 1. The molecule has 0 radical (unpaired) electrons. The minimum absolute atomic E-state index is 0.971. The number of fused-ring (bicyclic) bond motifs is 5. The van der Waals surface area contributed by atoms with Gasteiger partial charge in [-0.2, -0.15) is 0 Å². The summed E-state index contributed by atoms with van der Waals surface area (Å²) in [5.41, 5.74) is 6.30. The third-order valence-electron chi connectivity index (χ3n) is 5.22. The topological polar surface area (TPSA) is 41.6 Å². The first-order chi connectivity index (χ1) is 13.4. The average Bonchev–Trinajstić information content (AvgIpc) is 3.10. The molecule has 3 nitrogen and oxygen atoms in total. The van der Waals surface area contributed by atoms with Crippen molar-refractivity contribution in [3.63, 3.8) is 0 Å². The second kappa shape index (κ2) is 5.39. The Morgan fingerprint density at radius 1 is 0.667 bits per heavy atom. The smallest absolute Gasteiger partial charge is 0.0943 e. The predicted molar refractivity (Wildman–Crippen MR) is 112 cm³/mol. The highest BCUT2D eigenvalue weighted by molar-refractivity contribution is 6.11. The largest absolute Gasteiger partial charge is 0.353 e. The molecule has 0 aliphatic carbocycles. The lowest BCUT2D eigenvalue weighted by atomic mass is 10.0. The normalized spacial score (nSPS) is 11.7. The first-order valence-electron chi connectivity index (χ1n) is 9.02. The van der Waals surface area contributed by atoms with Gasteiger partial charge in [-0.15, -0.1) is 0 Å². The molecular formula is C24H15N3. The van der Waals surface area contributed by atoms with Crippen molar-refractivity contribution in [2.45, 2.75) is 0 Å². The molecule has 1 N–H and O–H groups in total. The summed E-state index contributed by atoms with van der Waals surface area (Å²) >= 11 is 0. The summed E-state index contributed by atoms with van der Waals surface area (Å²) in [6, 6.07) is 27.3. The van der Waals surface area contributed by atoms with E-state index in [1.807, 2.05) is 18.3 Å². The fourth-order valence-corrected chi connectivity index (χ4v) is 3.92. The van der Waals surface area contributed by atoms with E-state index in [0.29, 0.717) is 0 Å². The Morgan fingerprint density at radius 2 is 1.52 bits per heavy atom. The van der Waals surface area contributed by atoms with Crippen LogP contribution in [-0.2, 0) is 0 Å². The van der Waals surface area contributed by atoms with Crippen molar-refractivity contribution in [3.05, 3.63) is 85.1 Å². The Bertz CT molecular complexity index is 1480. The predicted octanol–water partition coefficient (Wildman–Crippen LogP) is 6.08. The molecule has 6 aromatic rings. The number of pyridine rings is 2. The summed E-state index contributed by atoms with van der Waals surface area (Å²) in [7, 11) is 0. The number of hydrogen-bond donors (Lipinski definition) is 1. The fraction of sp³-hybridized carbons (Fsp3) is 0. The van der Waals surface area contributed by atoms with Gasteiger partial charge in [-0.1, -0.05) is 42.5 Å². The van der Waals surface area contributed by atoms with Crippen LogP contribution in [0.3, 0.4) is 0 Å². The zero-order valence-electron chi connectivity index (χ0n) is 14.5. The lowest BCUT2D eigenvalue weighted by Gasteiger charge is -2.06. The molecule has 0 aliphatic heterocycles. The number of nitrogens with one attached hydrogen (secondary N) is 1. The summed E-state index contributed by atoms with van der Waals surface area (Å²) < 4.78 is 0. The van der Waals surface area contributed by atoms with Crippen molar-refractivity contribution in [2.24, 2.45) is 0 Å². The molecule has 0 atom stereocenters. The van der Waals surface area contributed by atoms with Crippen molar-refractivity contribution < 1.29 is 0 Å². The van der Waals surface area contributed by atoms with E-state index in [2.05, 4.69) is 76.7 Å². The monoisotopic (exact) mass is 345 g/mol. The zero-order valence-corrected chi connectivity index (χ0v) is 14.5. The molecule has 0 amide bonds. The number of aromatic amines is 1. The van der Waals surface area contributed by atoms with Crippen LogP contribution in [0.5, 0.6) is 0 Å². The van der Waals surface area contributed by atoms with Gasteiger partial charge in [0.2, 0.25) is 0 Å². The molecule has 126 valence electrons. The Labute approximate surface area is 155 Å². The number of H-pyrrole nitrogens is 1. The number of benzene rings is 3. The maximum atomic E-state index is 4.78. The van der Waals surface area contributed by atoms with Gasteiger partial charge < -0.3 is 4.98 Å².